The van der Waals surface area contributed by atoms with Crippen molar-refractivity contribution < 1.29 is 0 Å². The van der Waals surface area contributed by atoms with Crippen LogP contribution in [0.2, 0.25) is 0 Å². The first-order valence-corrected chi connectivity index (χ1v) is 35.0. The lowest BCUT2D eigenvalue weighted by atomic mass is 10.0. The van der Waals surface area contributed by atoms with Gasteiger partial charge in [-0.1, -0.05) is 206 Å². The van der Waals surface area contributed by atoms with Gasteiger partial charge in [0.25, 0.3) is 0 Å². The normalized spacial score (nSPS) is 11.7. The molecule has 0 N–H and O–H groups in total. The fourth-order valence-electron chi connectivity index (χ4n) is 16.0. The van der Waals surface area contributed by atoms with Gasteiger partial charge in [-0.15, -0.1) is 0 Å². The van der Waals surface area contributed by atoms with Crippen LogP contribution in [0, 0.1) is 0 Å². The van der Waals surface area contributed by atoms with E-state index in [0.29, 0.717) is 0 Å². The van der Waals surface area contributed by atoms with Gasteiger partial charge >= 0.3 is 0 Å². The van der Waals surface area contributed by atoms with Gasteiger partial charge < -0.3 is 28.1 Å². The Morgan fingerprint density at radius 3 is 0.588 bits per heavy atom. The SMILES string of the molecule is c1ccc(-n2c3ccccc3c3cc(-c4ccc(N(c5ccc(-c6ccc(N(c7ccc(-c8ccc9c(c8)c8ccccc8n9-c8ccccc8)cc7)c7ccc(-n8c9ccccc9c9ccccc98)cc7)cc6)cc5)c5ccc(-n6c7ccccc7c7ccccc76)cc5)cc4)ccc32)cc1. The van der Waals surface area contributed by atoms with Crippen LogP contribution in [0.3, 0.4) is 0 Å². The molecule has 0 unspecified atom stereocenters. The number of hydrogen-bond donors (Lipinski definition) is 0. The highest BCUT2D eigenvalue weighted by Crippen LogP contribution is 2.44. The third-order valence-electron chi connectivity index (χ3n) is 20.8. The first-order chi connectivity index (χ1) is 50.6. The molecule has 4 aromatic heterocycles. The molecule has 478 valence electrons. The molecular formula is C96H64N6. The van der Waals surface area contributed by atoms with E-state index in [9.17, 15) is 0 Å². The van der Waals surface area contributed by atoms with E-state index < -0.39 is 0 Å². The van der Waals surface area contributed by atoms with Crippen molar-refractivity contribution in [3.63, 3.8) is 0 Å². The van der Waals surface area contributed by atoms with Crippen molar-refractivity contribution in [1.29, 1.82) is 0 Å². The number of para-hydroxylation sites is 8. The third-order valence-corrected chi connectivity index (χ3v) is 20.8. The number of anilines is 6. The molecule has 0 aliphatic carbocycles. The Bertz CT molecular complexity index is 6050. The molecule has 0 saturated carbocycles. The number of aromatic nitrogens is 4. The zero-order valence-corrected chi connectivity index (χ0v) is 55.6. The average Bonchev–Trinajstić information content (AvgIpc) is 1.64. The molecule has 0 saturated heterocycles. The molecule has 0 fully saturated rings. The summed E-state index contributed by atoms with van der Waals surface area (Å²) in [5.41, 5.74) is 27.3. The maximum Gasteiger partial charge on any atom is 0.0541 e. The van der Waals surface area contributed by atoms with Gasteiger partial charge in [-0.3, -0.25) is 0 Å². The van der Waals surface area contributed by atoms with E-state index in [-0.39, 0.29) is 0 Å². The first kappa shape index (κ1) is 58.5. The lowest BCUT2D eigenvalue weighted by Crippen LogP contribution is -2.10. The van der Waals surface area contributed by atoms with E-state index in [0.717, 1.165) is 79.1 Å². The zero-order valence-electron chi connectivity index (χ0n) is 55.6. The second-order valence-corrected chi connectivity index (χ2v) is 26.5. The lowest BCUT2D eigenvalue weighted by molar-refractivity contribution is 1.17. The largest absolute Gasteiger partial charge is 0.311 e. The Hall–Kier alpha value is -13.7. The lowest BCUT2D eigenvalue weighted by Gasteiger charge is -2.27. The van der Waals surface area contributed by atoms with E-state index >= 15 is 0 Å². The average molecular weight is 1300 g/mol. The van der Waals surface area contributed by atoms with Crippen molar-refractivity contribution in [3.05, 3.63) is 388 Å². The van der Waals surface area contributed by atoms with Gasteiger partial charge in [-0.05, 0) is 215 Å². The van der Waals surface area contributed by atoms with Gasteiger partial charge in [-0.2, -0.15) is 0 Å². The molecule has 20 aromatic rings. The van der Waals surface area contributed by atoms with E-state index in [1.54, 1.807) is 0 Å². The summed E-state index contributed by atoms with van der Waals surface area (Å²) in [6.07, 6.45) is 0. The molecule has 0 bridgehead atoms. The van der Waals surface area contributed by atoms with E-state index in [4.69, 9.17) is 0 Å². The molecule has 0 aliphatic rings. The van der Waals surface area contributed by atoms with E-state index in [1.807, 2.05) is 0 Å². The Labute approximate surface area is 590 Å². The van der Waals surface area contributed by atoms with Gasteiger partial charge in [0.05, 0.1) is 44.1 Å². The summed E-state index contributed by atoms with van der Waals surface area (Å²) in [6.45, 7) is 0. The molecule has 16 aromatic carbocycles. The van der Waals surface area contributed by atoms with Gasteiger partial charge in [0.2, 0.25) is 0 Å². The van der Waals surface area contributed by atoms with Gasteiger partial charge in [-0.25, -0.2) is 0 Å². The van der Waals surface area contributed by atoms with Crippen LogP contribution >= 0.6 is 0 Å². The van der Waals surface area contributed by atoms with Gasteiger partial charge in [0, 0.05) is 100.0 Å². The summed E-state index contributed by atoms with van der Waals surface area (Å²) >= 11 is 0. The van der Waals surface area contributed by atoms with Crippen LogP contribution in [-0.4, -0.2) is 18.3 Å². The molecular weight excluding hydrogens is 1240 g/mol. The maximum absolute atomic E-state index is 2.38. The maximum atomic E-state index is 2.38. The second kappa shape index (κ2) is 24.1. The van der Waals surface area contributed by atoms with Crippen LogP contribution in [0.15, 0.2) is 388 Å². The standard InChI is InChI=1S/C96H64N6/c1-3-19-71(20-4-1)99-93-33-17-11-27-85(93)87-63-69(43-61-95(87)99)67-39-49-75(50-40-67)97(77-53-57-79(58-54-77)101-89-29-13-7-23-81(89)82-24-8-14-30-90(82)101)73-45-35-65(36-46-73)66-37-47-74(48-38-66)98(78-55-59-80(60-56-78)102-91-31-15-9-25-83(91)84-26-10-16-32-92(84)102)76-51-41-68(42-52-76)70-44-62-96-88(64-70)86-28-12-18-34-94(86)100(96)72-21-5-2-6-22-72/h1-64H. The predicted octanol–water partition coefficient (Wildman–Crippen LogP) is 26.0. The van der Waals surface area contributed by atoms with Crippen LogP contribution in [0.4, 0.5) is 34.1 Å². The summed E-state index contributed by atoms with van der Waals surface area (Å²) in [5.74, 6) is 0. The Balaban J connectivity index is 0.651. The first-order valence-electron chi connectivity index (χ1n) is 35.0. The highest BCUT2D eigenvalue weighted by Gasteiger charge is 2.21. The number of hydrogen-bond acceptors (Lipinski definition) is 2. The molecule has 6 nitrogen and oxygen atoms in total. The van der Waals surface area contributed by atoms with Crippen molar-refractivity contribution in [3.8, 4) is 56.1 Å². The minimum atomic E-state index is 1.06. The van der Waals surface area contributed by atoms with Crippen molar-refractivity contribution >= 4 is 121 Å². The molecule has 20 rings (SSSR count). The fourth-order valence-corrected chi connectivity index (χ4v) is 16.0. The number of benzene rings is 16. The molecule has 0 atom stereocenters. The summed E-state index contributed by atoms with van der Waals surface area (Å²) in [6, 6.07) is 142. The quantitative estimate of drug-likeness (QED) is 0.115. The molecule has 0 radical (unpaired) electrons. The van der Waals surface area contributed by atoms with E-state index in [2.05, 4.69) is 416 Å². The van der Waals surface area contributed by atoms with Crippen LogP contribution < -0.4 is 9.80 Å². The van der Waals surface area contributed by atoms with E-state index in [1.165, 1.54) is 98.4 Å². The highest BCUT2D eigenvalue weighted by molar-refractivity contribution is 6.13. The Morgan fingerprint density at radius 1 is 0.137 bits per heavy atom. The Morgan fingerprint density at radius 2 is 0.324 bits per heavy atom. The number of rotatable bonds is 13. The number of nitrogens with zero attached hydrogens (tertiary/aromatic N) is 6. The van der Waals surface area contributed by atoms with Crippen LogP contribution in [0.5, 0.6) is 0 Å². The molecule has 0 aliphatic heterocycles. The molecule has 0 amide bonds. The molecule has 0 spiro atoms. The van der Waals surface area contributed by atoms with Gasteiger partial charge in [0.15, 0.2) is 0 Å². The molecule has 4 heterocycles. The van der Waals surface area contributed by atoms with Crippen LogP contribution in [-0.2, 0) is 0 Å². The fraction of sp³-hybridized carbons (Fsp3) is 0. The highest BCUT2D eigenvalue weighted by atomic mass is 15.2. The third kappa shape index (κ3) is 9.72. The van der Waals surface area contributed by atoms with Crippen LogP contribution in [0.1, 0.15) is 0 Å². The monoisotopic (exact) mass is 1300 g/mol. The topological polar surface area (TPSA) is 26.2 Å². The van der Waals surface area contributed by atoms with Crippen molar-refractivity contribution in [1.82, 2.24) is 18.3 Å². The summed E-state index contributed by atoms with van der Waals surface area (Å²) in [4.78, 5) is 4.75. The second-order valence-electron chi connectivity index (χ2n) is 26.5. The van der Waals surface area contributed by atoms with Crippen molar-refractivity contribution in [2.24, 2.45) is 0 Å². The van der Waals surface area contributed by atoms with Crippen molar-refractivity contribution in [2.75, 3.05) is 9.80 Å². The van der Waals surface area contributed by atoms with Gasteiger partial charge in [0.1, 0.15) is 0 Å². The molecule has 102 heavy (non-hydrogen) atoms. The smallest absolute Gasteiger partial charge is 0.0541 e. The van der Waals surface area contributed by atoms with Crippen LogP contribution in [0.25, 0.3) is 143 Å². The number of fused-ring (bicyclic) bond motifs is 12. The molecule has 6 heteroatoms. The summed E-state index contributed by atoms with van der Waals surface area (Å²) in [5, 5.41) is 9.92. The van der Waals surface area contributed by atoms with Crippen molar-refractivity contribution in [2.45, 2.75) is 0 Å². The minimum Gasteiger partial charge on any atom is -0.311 e. The summed E-state index contributed by atoms with van der Waals surface area (Å²) in [7, 11) is 0. The zero-order chi connectivity index (χ0) is 67.2. The predicted molar refractivity (Wildman–Crippen MR) is 429 cm³/mol. The summed E-state index contributed by atoms with van der Waals surface area (Å²) < 4.78 is 9.52. The Kier molecular flexibility index (Phi) is 13.8. The minimum absolute atomic E-state index is 1.06.